The van der Waals surface area contributed by atoms with E-state index in [0.29, 0.717) is 17.8 Å². The van der Waals surface area contributed by atoms with E-state index >= 15 is 0 Å². The van der Waals surface area contributed by atoms with E-state index in [-0.39, 0.29) is 153 Å². The summed E-state index contributed by atoms with van der Waals surface area (Å²) in [4.78, 5) is 25.3. The molecule has 1 aliphatic heterocycles. The molecule has 0 spiro atoms. The van der Waals surface area contributed by atoms with Gasteiger partial charge in [0.15, 0.2) is 0 Å². The number of esters is 2. The van der Waals surface area contributed by atoms with Crippen LogP contribution in [0, 0.1) is 71.0 Å². The van der Waals surface area contributed by atoms with Gasteiger partial charge in [-0.3, -0.25) is 9.59 Å². The maximum Gasteiger partial charge on any atom is 1.00 e. The Labute approximate surface area is 278 Å². The van der Waals surface area contributed by atoms with Crippen LogP contribution in [0.5, 0.6) is 0 Å². The maximum atomic E-state index is 13.1. The Hall–Kier alpha value is 2.16. The third kappa shape index (κ3) is 3.54. The first-order chi connectivity index (χ1) is 13.5. The number of hydrogen-bond donors (Lipinski definition) is 0. The standard InChI is InChI=1S/C24H30O4.2Rb/c1-10-11(2)15-7-14(10)21-16-8-17(22(15)21)20(12(16)3)24(26)27-9-18-13-5-4-6-19(13)28-23(18)25;;/h4,6,10-11,13-19,21-22H,5,7-9H2,1-3H3;;/q-2;2*+1/t10?,11?,13-,14?,15?,16?,17?,18+,19-,21?,22?;;/m1../s1. The summed E-state index contributed by atoms with van der Waals surface area (Å²) in [6, 6.07) is 0. The summed E-state index contributed by atoms with van der Waals surface area (Å²) in [5.41, 5.74) is 0. The normalized spacial score (nSPS) is 49.5. The zero-order chi connectivity index (χ0) is 19.3. The van der Waals surface area contributed by atoms with Crippen LogP contribution in [0.1, 0.15) is 40.0 Å². The van der Waals surface area contributed by atoms with E-state index in [1.54, 1.807) is 0 Å². The van der Waals surface area contributed by atoms with Gasteiger partial charge in [0.2, 0.25) is 0 Å². The molecule has 152 valence electrons. The molecule has 0 aromatic carbocycles. The minimum absolute atomic E-state index is 0. The van der Waals surface area contributed by atoms with Crippen molar-refractivity contribution in [2.24, 2.45) is 59.2 Å². The number of fused-ring (bicyclic) bond motifs is 10. The van der Waals surface area contributed by atoms with Gasteiger partial charge < -0.3 is 21.3 Å². The molecule has 5 aliphatic carbocycles. The Kier molecular flexibility index (Phi) is 7.84. The van der Waals surface area contributed by atoms with E-state index in [4.69, 9.17) is 9.47 Å². The van der Waals surface area contributed by atoms with E-state index in [0.717, 1.165) is 48.3 Å². The predicted octanol–water partition coefficient (Wildman–Crippen LogP) is -2.37. The van der Waals surface area contributed by atoms with Crippen molar-refractivity contribution in [1.29, 1.82) is 0 Å². The largest absolute Gasteiger partial charge is 1.00 e. The molecule has 6 rings (SSSR count). The molecule has 6 heteroatoms. The fourth-order valence-corrected chi connectivity index (χ4v) is 8.41. The van der Waals surface area contributed by atoms with Crippen LogP contribution in [0.2, 0.25) is 0 Å². The maximum absolute atomic E-state index is 13.1. The Morgan fingerprint density at radius 1 is 1.10 bits per heavy atom. The van der Waals surface area contributed by atoms with Crippen LogP contribution in [-0.4, -0.2) is 24.6 Å². The molecule has 8 unspecified atom stereocenters. The van der Waals surface area contributed by atoms with Crippen molar-refractivity contribution in [1.82, 2.24) is 0 Å². The molecule has 1 heterocycles. The van der Waals surface area contributed by atoms with Gasteiger partial charge in [0.25, 0.3) is 0 Å². The van der Waals surface area contributed by atoms with Crippen LogP contribution in [0.4, 0.5) is 0 Å². The van der Waals surface area contributed by atoms with Crippen LogP contribution >= 0.6 is 0 Å². The van der Waals surface area contributed by atoms with Gasteiger partial charge in [-0.2, -0.15) is 11.8 Å². The van der Waals surface area contributed by atoms with Crippen molar-refractivity contribution in [3.05, 3.63) is 24.0 Å². The van der Waals surface area contributed by atoms with Gasteiger partial charge >= 0.3 is 122 Å². The molecule has 0 amide bonds. The van der Waals surface area contributed by atoms with Gasteiger partial charge in [-0.1, -0.05) is 31.8 Å². The number of hydrogen-bond acceptors (Lipinski definition) is 4. The SMILES string of the molecule is C[C-]1[C-](C(=O)OC[C@@H]2C(=O)O[C@@H]3C=CC[C@H]23)C2CC1C1C3CC(C(C)C3C)C21.[Rb+].[Rb+]. The first-order valence-electron chi connectivity index (χ1n) is 11.2. The first kappa shape index (κ1) is 25.3. The van der Waals surface area contributed by atoms with Gasteiger partial charge in [-0.05, 0) is 42.6 Å². The quantitative estimate of drug-likeness (QED) is 0.170. The minimum atomic E-state index is -0.306. The molecule has 0 radical (unpaired) electrons. The summed E-state index contributed by atoms with van der Waals surface area (Å²) < 4.78 is 11.2. The fourth-order valence-electron chi connectivity index (χ4n) is 8.41. The topological polar surface area (TPSA) is 52.6 Å². The minimum Gasteiger partial charge on any atom is -0.489 e. The second kappa shape index (κ2) is 9.32. The Morgan fingerprint density at radius 2 is 1.77 bits per heavy atom. The molecule has 0 N–H and O–H groups in total. The third-order valence-electron chi connectivity index (χ3n) is 9.79. The van der Waals surface area contributed by atoms with E-state index in [1.807, 2.05) is 6.08 Å². The van der Waals surface area contributed by atoms with Crippen LogP contribution in [0.25, 0.3) is 0 Å². The van der Waals surface area contributed by atoms with Crippen molar-refractivity contribution in [3.63, 3.8) is 0 Å². The molecule has 4 saturated carbocycles. The molecule has 6 aliphatic rings. The van der Waals surface area contributed by atoms with Crippen LogP contribution < -0.4 is 116 Å². The predicted molar refractivity (Wildman–Crippen MR) is 102 cm³/mol. The van der Waals surface area contributed by atoms with Crippen molar-refractivity contribution >= 4 is 11.9 Å². The zero-order valence-corrected chi connectivity index (χ0v) is 28.8. The Bertz CT molecular complexity index is 753. The molecule has 30 heavy (non-hydrogen) atoms. The van der Waals surface area contributed by atoms with Crippen LogP contribution in [0.15, 0.2) is 12.2 Å². The number of ether oxygens (including phenoxy) is 2. The van der Waals surface area contributed by atoms with E-state index in [9.17, 15) is 9.59 Å². The average molecular weight is 553 g/mol. The molecular weight excluding hydrogens is 523 g/mol. The number of carbonyl (C=O) groups is 2. The fraction of sp³-hybridized carbons (Fsp3) is 0.750. The monoisotopic (exact) mass is 552 g/mol. The molecule has 4 nitrogen and oxygen atoms in total. The van der Waals surface area contributed by atoms with Crippen molar-refractivity contribution in [2.45, 2.75) is 46.1 Å². The van der Waals surface area contributed by atoms with E-state index < -0.39 is 0 Å². The zero-order valence-electron chi connectivity index (χ0n) is 19.0. The van der Waals surface area contributed by atoms with Crippen molar-refractivity contribution < 1.29 is 135 Å². The Morgan fingerprint density at radius 3 is 2.47 bits per heavy atom. The van der Waals surface area contributed by atoms with Crippen molar-refractivity contribution in [3.8, 4) is 0 Å². The van der Waals surface area contributed by atoms with Crippen molar-refractivity contribution in [2.75, 3.05) is 6.61 Å². The van der Waals surface area contributed by atoms with E-state index in [2.05, 4.69) is 26.8 Å². The van der Waals surface area contributed by atoms with Crippen LogP contribution in [-0.2, 0) is 19.1 Å². The second-order valence-corrected chi connectivity index (χ2v) is 10.4. The molecule has 11 atom stereocenters. The average Bonchev–Trinajstić information content (AvgIpc) is 3.44. The molecule has 0 aromatic heterocycles. The summed E-state index contributed by atoms with van der Waals surface area (Å²) in [5.74, 6) is 7.44. The van der Waals surface area contributed by atoms with Gasteiger partial charge in [0, 0.05) is 5.92 Å². The number of allylic oxidation sites excluding steroid dienone is 1. The number of carbonyl (C=O) groups excluding carboxylic acids is 2. The van der Waals surface area contributed by atoms with Gasteiger partial charge in [0.05, 0.1) is 5.92 Å². The summed E-state index contributed by atoms with van der Waals surface area (Å²) in [6.07, 6.45) is 7.27. The summed E-state index contributed by atoms with van der Waals surface area (Å²) in [5, 5.41) is 0. The summed E-state index contributed by atoms with van der Waals surface area (Å²) in [7, 11) is 0. The molecule has 0 aromatic rings. The third-order valence-corrected chi connectivity index (χ3v) is 9.79. The summed E-state index contributed by atoms with van der Waals surface area (Å²) in [6.45, 7) is 7.20. The van der Waals surface area contributed by atoms with Gasteiger partial charge in [-0.25, -0.2) is 6.92 Å². The summed E-state index contributed by atoms with van der Waals surface area (Å²) >= 11 is 0. The smallest absolute Gasteiger partial charge is 0.489 e. The van der Waals surface area contributed by atoms with Gasteiger partial charge in [-0.15, -0.1) is 6.42 Å². The molecule has 4 bridgehead atoms. The first-order valence-corrected chi connectivity index (χ1v) is 11.2. The number of rotatable bonds is 3. The van der Waals surface area contributed by atoms with Gasteiger partial charge in [0.1, 0.15) is 18.7 Å². The molecular formula is C24H30O4Rb2. The van der Waals surface area contributed by atoms with E-state index in [1.165, 1.54) is 12.3 Å². The Balaban J connectivity index is 0.00000109. The van der Waals surface area contributed by atoms with Crippen LogP contribution in [0.3, 0.4) is 0 Å². The second-order valence-electron chi connectivity index (χ2n) is 10.4. The molecule has 5 fully saturated rings. The molecule has 1 saturated heterocycles.